The van der Waals surface area contributed by atoms with Crippen molar-refractivity contribution in [2.75, 3.05) is 5.73 Å². The molecule has 0 saturated heterocycles. The Hall–Kier alpha value is -3.15. The molecular weight excluding hydrogens is 300 g/mol. The number of nitrogens with two attached hydrogens (primary N) is 1. The first-order valence-corrected chi connectivity index (χ1v) is 7.87. The minimum atomic E-state index is 0.479. The highest BCUT2D eigenvalue weighted by Crippen LogP contribution is 2.31. The van der Waals surface area contributed by atoms with Crippen LogP contribution in [-0.4, -0.2) is 24.3 Å². The van der Waals surface area contributed by atoms with Crippen molar-refractivity contribution in [2.24, 2.45) is 7.05 Å². The summed E-state index contributed by atoms with van der Waals surface area (Å²) < 4.78 is 3.93. The van der Waals surface area contributed by atoms with Crippen LogP contribution in [0, 0.1) is 0 Å². The number of para-hydroxylation sites is 2. The normalized spacial score (nSPS) is 11.2. The van der Waals surface area contributed by atoms with E-state index in [-0.39, 0.29) is 0 Å². The van der Waals surface area contributed by atoms with E-state index < -0.39 is 0 Å². The van der Waals surface area contributed by atoms with Gasteiger partial charge in [-0.25, -0.2) is 9.97 Å². The number of hydrogen-bond donors (Lipinski definition) is 1. The molecule has 3 aromatic heterocycles. The molecule has 120 valence electrons. The average molecular weight is 318 g/mol. The van der Waals surface area contributed by atoms with Crippen molar-refractivity contribution in [1.82, 2.24) is 24.3 Å². The maximum atomic E-state index is 6.16. The zero-order chi connectivity index (χ0) is 16.7. The van der Waals surface area contributed by atoms with Crippen LogP contribution in [0.25, 0.3) is 33.5 Å². The first-order valence-electron chi connectivity index (χ1n) is 7.87. The Morgan fingerprint density at radius 3 is 2.71 bits per heavy atom. The van der Waals surface area contributed by atoms with Gasteiger partial charge in [0.15, 0.2) is 0 Å². The predicted octanol–water partition coefficient (Wildman–Crippen LogP) is 3.10. The van der Waals surface area contributed by atoms with Gasteiger partial charge in [-0.3, -0.25) is 4.68 Å². The maximum Gasteiger partial charge on any atom is 0.144 e. The molecule has 2 N–H and O–H groups in total. The van der Waals surface area contributed by atoms with Gasteiger partial charge in [-0.2, -0.15) is 5.10 Å². The molecule has 0 bridgehead atoms. The van der Waals surface area contributed by atoms with Crippen molar-refractivity contribution in [3.8, 4) is 22.5 Å². The van der Waals surface area contributed by atoms with Gasteiger partial charge in [0, 0.05) is 37.1 Å². The van der Waals surface area contributed by atoms with E-state index in [2.05, 4.69) is 27.6 Å². The van der Waals surface area contributed by atoms with Gasteiger partial charge in [0.25, 0.3) is 0 Å². The zero-order valence-electron chi connectivity index (χ0n) is 13.6. The molecule has 24 heavy (non-hydrogen) atoms. The Kier molecular flexibility index (Phi) is 3.30. The van der Waals surface area contributed by atoms with Gasteiger partial charge in [0.1, 0.15) is 11.6 Å². The third-order valence-corrected chi connectivity index (χ3v) is 4.17. The number of nitrogen functional groups attached to an aromatic ring is 1. The summed E-state index contributed by atoms with van der Waals surface area (Å²) >= 11 is 0. The SMILES string of the molecule is CCn1c(-c2cc(-c3cnn(C)c3)cnc2N)nc2ccccc21. The van der Waals surface area contributed by atoms with E-state index in [1.54, 1.807) is 10.9 Å². The zero-order valence-corrected chi connectivity index (χ0v) is 13.6. The molecule has 4 rings (SSSR count). The van der Waals surface area contributed by atoms with Crippen LogP contribution < -0.4 is 5.73 Å². The van der Waals surface area contributed by atoms with Gasteiger partial charge in [0.2, 0.25) is 0 Å². The number of fused-ring (bicyclic) bond motifs is 1. The number of hydrogen-bond acceptors (Lipinski definition) is 4. The standard InChI is InChI=1S/C18H18N6/c1-3-24-16-7-5-4-6-15(16)22-18(24)14-8-12(9-20-17(14)19)13-10-21-23(2)11-13/h4-11H,3H2,1-2H3,(H2,19,20). The topological polar surface area (TPSA) is 74.5 Å². The Labute approximate surface area is 139 Å². The van der Waals surface area contributed by atoms with E-state index in [0.29, 0.717) is 5.82 Å². The third-order valence-electron chi connectivity index (χ3n) is 4.17. The van der Waals surface area contributed by atoms with Gasteiger partial charge in [-0.1, -0.05) is 12.1 Å². The molecule has 0 aliphatic carbocycles. The third kappa shape index (κ3) is 2.23. The van der Waals surface area contributed by atoms with E-state index in [0.717, 1.165) is 40.1 Å². The average Bonchev–Trinajstić information content (AvgIpc) is 3.18. The first kappa shape index (κ1) is 14.4. The molecule has 4 aromatic rings. The van der Waals surface area contributed by atoms with Gasteiger partial charge < -0.3 is 10.3 Å². The van der Waals surface area contributed by atoms with Crippen LogP contribution in [0.3, 0.4) is 0 Å². The van der Waals surface area contributed by atoms with Crippen molar-refractivity contribution < 1.29 is 0 Å². The minimum absolute atomic E-state index is 0.479. The molecule has 0 saturated carbocycles. The Morgan fingerprint density at radius 1 is 1.12 bits per heavy atom. The lowest BCUT2D eigenvalue weighted by atomic mass is 10.1. The highest BCUT2D eigenvalue weighted by atomic mass is 15.2. The second kappa shape index (κ2) is 5.49. The molecule has 0 fully saturated rings. The molecule has 0 radical (unpaired) electrons. The largest absolute Gasteiger partial charge is 0.383 e. The molecular formula is C18H18N6. The fourth-order valence-electron chi connectivity index (χ4n) is 2.98. The van der Waals surface area contributed by atoms with Crippen molar-refractivity contribution in [3.63, 3.8) is 0 Å². The van der Waals surface area contributed by atoms with Crippen LogP contribution >= 0.6 is 0 Å². The number of nitrogens with zero attached hydrogens (tertiary/aromatic N) is 5. The number of rotatable bonds is 3. The van der Waals surface area contributed by atoms with E-state index in [1.165, 1.54) is 0 Å². The van der Waals surface area contributed by atoms with Gasteiger partial charge in [0.05, 0.1) is 22.8 Å². The lowest BCUT2D eigenvalue weighted by Crippen LogP contribution is -2.02. The fourth-order valence-corrected chi connectivity index (χ4v) is 2.98. The van der Waals surface area contributed by atoms with Gasteiger partial charge in [-0.05, 0) is 25.1 Å². The van der Waals surface area contributed by atoms with Crippen molar-refractivity contribution in [3.05, 3.63) is 48.9 Å². The van der Waals surface area contributed by atoms with Crippen molar-refractivity contribution in [2.45, 2.75) is 13.5 Å². The predicted molar refractivity (Wildman–Crippen MR) is 95.3 cm³/mol. The summed E-state index contributed by atoms with van der Waals surface area (Å²) in [5.74, 6) is 1.32. The summed E-state index contributed by atoms with van der Waals surface area (Å²) in [6.07, 6.45) is 5.55. The number of benzene rings is 1. The Balaban J connectivity index is 1.93. The number of pyridine rings is 1. The monoisotopic (exact) mass is 318 g/mol. The van der Waals surface area contributed by atoms with Crippen LogP contribution in [0.4, 0.5) is 5.82 Å². The number of aromatic nitrogens is 5. The summed E-state index contributed by atoms with van der Waals surface area (Å²) in [7, 11) is 1.89. The smallest absolute Gasteiger partial charge is 0.144 e. The molecule has 6 nitrogen and oxygen atoms in total. The molecule has 1 aromatic carbocycles. The van der Waals surface area contributed by atoms with E-state index in [4.69, 9.17) is 10.7 Å². The van der Waals surface area contributed by atoms with E-state index in [9.17, 15) is 0 Å². The lowest BCUT2D eigenvalue weighted by molar-refractivity contribution is 0.768. The lowest BCUT2D eigenvalue weighted by Gasteiger charge is -2.09. The second-order valence-electron chi connectivity index (χ2n) is 5.73. The summed E-state index contributed by atoms with van der Waals surface area (Å²) in [5, 5.41) is 4.22. The quantitative estimate of drug-likeness (QED) is 0.630. The summed E-state index contributed by atoms with van der Waals surface area (Å²) in [6.45, 7) is 2.92. The highest BCUT2D eigenvalue weighted by Gasteiger charge is 2.15. The van der Waals surface area contributed by atoms with Crippen LogP contribution in [0.1, 0.15) is 6.92 Å². The minimum Gasteiger partial charge on any atom is -0.383 e. The van der Waals surface area contributed by atoms with Gasteiger partial charge >= 0.3 is 0 Å². The first-order chi connectivity index (χ1) is 11.7. The summed E-state index contributed by atoms with van der Waals surface area (Å²) in [6, 6.07) is 10.1. The van der Waals surface area contributed by atoms with Crippen LogP contribution in [0.5, 0.6) is 0 Å². The highest BCUT2D eigenvalue weighted by molar-refractivity contribution is 5.84. The fraction of sp³-hybridized carbons (Fsp3) is 0.167. The molecule has 0 aliphatic heterocycles. The van der Waals surface area contributed by atoms with Crippen molar-refractivity contribution >= 4 is 16.9 Å². The van der Waals surface area contributed by atoms with Crippen LogP contribution in [-0.2, 0) is 13.6 Å². The number of aryl methyl sites for hydroxylation is 2. The second-order valence-corrected chi connectivity index (χ2v) is 5.73. The molecule has 0 aliphatic rings. The van der Waals surface area contributed by atoms with Crippen LogP contribution in [0.2, 0.25) is 0 Å². The van der Waals surface area contributed by atoms with Crippen LogP contribution in [0.15, 0.2) is 48.9 Å². The molecule has 0 unspecified atom stereocenters. The Morgan fingerprint density at radius 2 is 1.96 bits per heavy atom. The van der Waals surface area contributed by atoms with Gasteiger partial charge in [-0.15, -0.1) is 0 Å². The Bertz CT molecular complexity index is 1030. The van der Waals surface area contributed by atoms with E-state index >= 15 is 0 Å². The summed E-state index contributed by atoms with van der Waals surface area (Å²) in [5.41, 5.74) is 11.0. The molecule has 0 atom stereocenters. The van der Waals surface area contributed by atoms with E-state index in [1.807, 2.05) is 43.7 Å². The molecule has 0 spiro atoms. The number of imidazole rings is 1. The maximum absolute atomic E-state index is 6.16. The molecule has 0 amide bonds. The molecule has 3 heterocycles. The van der Waals surface area contributed by atoms with Crippen molar-refractivity contribution in [1.29, 1.82) is 0 Å². The molecule has 6 heteroatoms. The summed E-state index contributed by atoms with van der Waals surface area (Å²) in [4.78, 5) is 9.15. The number of anilines is 1.